The Morgan fingerprint density at radius 2 is 1.54 bits per heavy atom. The number of hydrogen-bond donors (Lipinski definition) is 1. The van der Waals surface area contributed by atoms with Crippen LogP contribution in [0.4, 0.5) is 4.79 Å². The fraction of sp³-hybridized carbons (Fsp3) is 0.765. The molecule has 11 heteroatoms. The number of methoxy groups -OCH3 is 1. The third kappa shape index (κ3) is 7.31. The van der Waals surface area contributed by atoms with E-state index in [0.717, 1.165) is 21.0 Å². The van der Waals surface area contributed by atoms with Crippen molar-refractivity contribution < 1.29 is 47.6 Å². The molecule has 1 rings (SSSR count). The van der Waals surface area contributed by atoms with Gasteiger partial charge in [-0.2, -0.15) is 0 Å². The lowest BCUT2D eigenvalue weighted by Crippen LogP contribution is -2.67. The van der Waals surface area contributed by atoms with E-state index in [0.29, 0.717) is 0 Å². The van der Waals surface area contributed by atoms with Crippen molar-refractivity contribution in [1.29, 1.82) is 0 Å². The number of rotatable bonds is 7. The number of carbonyl (C=O) groups is 4. The fourth-order valence-corrected chi connectivity index (χ4v) is 2.64. The van der Waals surface area contributed by atoms with Gasteiger partial charge in [0.2, 0.25) is 0 Å². The lowest BCUT2D eigenvalue weighted by molar-refractivity contribution is -0.284. The molecule has 0 unspecified atom stereocenters. The molecule has 160 valence electrons. The smallest absolute Gasteiger partial charge is 0.407 e. The van der Waals surface area contributed by atoms with Gasteiger partial charge in [0.1, 0.15) is 18.8 Å². The summed E-state index contributed by atoms with van der Waals surface area (Å²) in [7, 11) is 1.16. The zero-order chi connectivity index (χ0) is 21.4. The number of ether oxygens (including phenoxy) is 6. The van der Waals surface area contributed by atoms with Gasteiger partial charge in [-0.15, -0.1) is 0 Å². The molecule has 0 radical (unpaired) electrons. The van der Waals surface area contributed by atoms with Crippen molar-refractivity contribution in [2.75, 3.05) is 13.7 Å². The van der Waals surface area contributed by atoms with Crippen molar-refractivity contribution in [3.05, 3.63) is 0 Å². The molecule has 0 bridgehead atoms. The number of esters is 3. The summed E-state index contributed by atoms with van der Waals surface area (Å²) in [6.07, 6.45) is -5.62. The van der Waals surface area contributed by atoms with Gasteiger partial charge in [-0.05, 0) is 13.8 Å². The van der Waals surface area contributed by atoms with Gasteiger partial charge < -0.3 is 33.7 Å². The average molecular weight is 405 g/mol. The number of carbonyl (C=O) groups excluding carboxylic acids is 4. The summed E-state index contributed by atoms with van der Waals surface area (Å²) in [5.41, 5.74) is 0. The minimum absolute atomic E-state index is 0.284. The summed E-state index contributed by atoms with van der Waals surface area (Å²) in [4.78, 5) is 46.3. The third-order valence-electron chi connectivity index (χ3n) is 3.58. The monoisotopic (exact) mass is 405 g/mol. The molecule has 0 saturated carbocycles. The molecule has 0 aromatic carbocycles. The minimum Gasteiger partial charge on any atom is -0.463 e. The lowest BCUT2D eigenvalue weighted by Gasteiger charge is -2.45. The summed E-state index contributed by atoms with van der Waals surface area (Å²) < 4.78 is 31.6. The van der Waals surface area contributed by atoms with Gasteiger partial charge in [-0.3, -0.25) is 14.4 Å². The molecule has 1 aliphatic rings. The van der Waals surface area contributed by atoms with Crippen molar-refractivity contribution in [3.8, 4) is 0 Å². The highest BCUT2D eigenvalue weighted by molar-refractivity contribution is 5.69. The Morgan fingerprint density at radius 3 is 2.00 bits per heavy atom. The van der Waals surface area contributed by atoms with E-state index in [1.165, 1.54) is 6.92 Å². The van der Waals surface area contributed by atoms with Crippen molar-refractivity contribution in [1.82, 2.24) is 5.32 Å². The Balaban J connectivity index is 3.29. The number of amides is 1. The lowest BCUT2D eigenvalue weighted by atomic mass is 9.96. The third-order valence-corrected chi connectivity index (χ3v) is 3.58. The van der Waals surface area contributed by atoms with E-state index >= 15 is 0 Å². The van der Waals surface area contributed by atoms with Crippen LogP contribution in [0.5, 0.6) is 0 Å². The predicted octanol–water partition coefficient (Wildman–Crippen LogP) is 0.287. The maximum Gasteiger partial charge on any atom is 0.407 e. The van der Waals surface area contributed by atoms with Gasteiger partial charge in [-0.25, -0.2) is 4.79 Å². The molecular formula is C17H27NO10. The highest BCUT2D eigenvalue weighted by Gasteiger charge is 2.51. The van der Waals surface area contributed by atoms with Crippen LogP contribution >= 0.6 is 0 Å². The van der Waals surface area contributed by atoms with Crippen LogP contribution < -0.4 is 5.32 Å². The fourth-order valence-electron chi connectivity index (χ4n) is 2.64. The molecule has 1 aliphatic heterocycles. The van der Waals surface area contributed by atoms with Crippen molar-refractivity contribution in [2.45, 2.75) is 71.4 Å². The number of nitrogens with one attached hydrogen (secondary N) is 1. The van der Waals surface area contributed by atoms with Crippen LogP contribution in [0.3, 0.4) is 0 Å². The number of hydrogen-bond acceptors (Lipinski definition) is 10. The first-order valence-electron chi connectivity index (χ1n) is 8.68. The van der Waals surface area contributed by atoms with E-state index < -0.39 is 54.6 Å². The molecule has 1 N–H and O–H groups in total. The Bertz CT molecular complexity index is 578. The Kier molecular flexibility index (Phi) is 9.13. The molecule has 28 heavy (non-hydrogen) atoms. The van der Waals surface area contributed by atoms with E-state index in [1.807, 2.05) is 0 Å². The second-order valence-electron chi connectivity index (χ2n) is 6.34. The van der Waals surface area contributed by atoms with Crippen LogP contribution in [-0.4, -0.2) is 74.5 Å². The van der Waals surface area contributed by atoms with Crippen molar-refractivity contribution >= 4 is 24.0 Å². The van der Waals surface area contributed by atoms with Crippen molar-refractivity contribution in [3.63, 3.8) is 0 Å². The molecule has 1 heterocycles. The summed E-state index contributed by atoms with van der Waals surface area (Å²) in [6.45, 7) is 6.71. The summed E-state index contributed by atoms with van der Waals surface area (Å²) in [6, 6.07) is -1.06. The second-order valence-corrected chi connectivity index (χ2v) is 6.34. The molecule has 0 aliphatic carbocycles. The molecule has 0 spiro atoms. The van der Waals surface area contributed by atoms with Gasteiger partial charge >= 0.3 is 24.0 Å². The van der Waals surface area contributed by atoms with Gasteiger partial charge in [0.15, 0.2) is 18.5 Å². The molecule has 1 fully saturated rings. The van der Waals surface area contributed by atoms with Crippen LogP contribution in [0.25, 0.3) is 0 Å². The van der Waals surface area contributed by atoms with Crippen LogP contribution in [0, 0.1) is 0 Å². The van der Waals surface area contributed by atoms with E-state index in [1.54, 1.807) is 13.8 Å². The van der Waals surface area contributed by atoms with Crippen LogP contribution in [0.15, 0.2) is 0 Å². The largest absolute Gasteiger partial charge is 0.463 e. The maximum absolute atomic E-state index is 11.8. The zero-order valence-corrected chi connectivity index (χ0v) is 16.8. The molecule has 5 atom stereocenters. The molecule has 1 saturated heterocycles. The van der Waals surface area contributed by atoms with E-state index in [9.17, 15) is 19.2 Å². The summed E-state index contributed by atoms with van der Waals surface area (Å²) in [5, 5.41) is 2.48. The topological polar surface area (TPSA) is 136 Å². The molecule has 0 aromatic rings. The molecule has 1 amide bonds. The zero-order valence-electron chi connectivity index (χ0n) is 16.8. The van der Waals surface area contributed by atoms with Gasteiger partial charge in [0, 0.05) is 20.8 Å². The summed E-state index contributed by atoms with van der Waals surface area (Å²) >= 11 is 0. The number of alkyl carbamates (subject to hydrolysis) is 1. The molecular weight excluding hydrogens is 378 g/mol. The SMILES string of the molecule is COC(=O)N[C@H]1[C@H](OC(C)C)O[C@H](COC(C)=O)[C@@H](OC(C)=O)[C@@H]1OC(C)=O. The quantitative estimate of drug-likeness (QED) is 0.465. The first kappa shape index (κ1) is 23.6. The van der Waals surface area contributed by atoms with Gasteiger partial charge in [0.05, 0.1) is 13.2 Å². The molecule has 11 nitrogen and oxygen atoms in total. The Morgan fingerprint density at radius 1 is 0.964 bits per heavy atom. The highest BCUT2D eigenvalue weighted by atomic mass is 16.7. The Hall–Kier alpha value is -2.40. The first-order valence-corrected chi connectivity index (χ1v) is 8.68. The predicted molar refractivity (Wildman–Crippen MR) is 92.0 cm³/mol. The van der Waals surface area contributed by atoms with E-state index in [2.05, 4.69) is 10.1 Å². The average Bonchev–Trinajstić information content (AvgIpc) is 2.56. The minimum atomic E-state index is -1.18. The summed E-state index contributed by atoms with van der Waals surface area (Å²) in [5.74, 6) is -1.95. The van der Waals surface area contributed by atoms with Crippen LogP contribution in [0.1, 0.15) is 34.6 Å². The van der Waals surface area contributed by atoms with E-state index in [4.69, 9.17) is 23.7 Å². The van der Waals surface area contributed by atoms with E-state index in [-0.39, 0.29) is 12.7 Å². The van der Waals surface area contributed by atoms with Crippen molar-refractivity contribution in [2.24, 2.45) is 0 Å². The standard InChI is InChI=1S/C17H27NO10/c1-8(2)25-16-13(18-17(22)23-6)15(27-11(5)21)14(26-10(4)20)12(28-16)7-24-9(3)19/h8,12-16H,7H2,1-6H3,(H,18,22)/t12-,13-,14-,15-,16-/m1/s1. The highest BCUT2D eigenvalue weighted by Crippen LogP contribution is 2.28. The van der Waals surface area contributed by atoms with Gasteiger partial charge in [0.25, 0.3) is 0 Å². The maximum atomic E-state index is 11.8. The Labute approximate surface area is 162 Å². The van der Waals surface area contributed by atoms with Gasteiger partial charge in [-0.1, -0.05) is 0 Å². The van der Waals surface area contributed by atoms with Crippen LogP contribution in [-0.2, 0) is 42.8 Å². The molecule has 0 aromatic heterocycles. The normalized spacial score (nSPS) is 26.9. The second kappa shape index (κ2) is 10.8. The van der Waals surface area contributed by atoms with Crippen LogP contribution in [0.2, 0.25) is 0 Å². The first-order chi connectivity index (χ1) is 13.0.